The summed E-state index contributed by atoms with van der Waals surface area (Å²) in [5.41, 5.74) is 6.40. The number of benzene rings is 3. The predicted molar refractivity (Wildman–Crippen MR) is 143 cm³/mol. The van der Waals surface area contributed by atoms with Crippen LogP contribution in [0.3, 0.4) is 0 Å². The Hall–Kier alpha value is -2.44. The van der Waals surface area contributed by atoms with Crippen LogP contribution in [0.2, 0.25) is 10.0 Å². The maximum Gasteiger partial charge on any atom is 0.271 e. The Morgan fingerprint density at radius 2 is 1.82 bits per heavy atom. The lowest BCUT2D eigenvalue weighted by Crippen LogP contribution is -2.38. The molecule has 2 heterocycles. The Labute approximate surface area is 218 Å². The number of hydrogen-bond donors (Lipinski definition) is 0. The minimum Gasteiger partial charge on any atom is -0.272 e. The van der Waals surface area contributed by atoms with Crippen LogP contribution in [-0.2, 0) is 6.42 Å². The van der Waals surface area contributed by atoms with E-state index >= 15 is 0 Å². The summed E-state index contributed by atoms with van der Waals surface area (Å²) >= 11 is 17.4. The number of rotatable bonds is 2. The lowest BCUT2D eigenvalue weighted by molar-refractivity contribution is 0.585. The Bertz CT molecular complexity index is 1670. The molecule has 168 valence electrons. The average Bonchev–Trinajstić information content (AvgIpc) is 3.15. The summed E-state index contributed by atoms with van der Waals surface area (Å²) < 4.78 is 3.44. The van der Waals surface area contributed by atoms with Gasteiger partial charge in [-0.25, -0.2) is 4.99 Å². The SMILES string of the molecule is O=c1/c(=C/c2ccc(Cl)cc2Cl)sc2n1[C@H](c1ccc(Br)cc1)C1=C(N=2)c2ccccc2CC1. The molecule has 1 aliphatic heterocycles. The average molecular weight is 568 g/mol. The van der Waals surface area contributed by atoms with Gasteiger partial charge >= 0.3 is 0 Å². The van der Waals surface area contributed by atoms with E-state index in [4.69, 9.17) is 28.2 Å². The van der Waals surface area contributed by atoms with Crippen molar-refractivity contribution >= 4 is 62.2 Å². The number of fused-ring (bicyclic) bond motifs is 3. The molecular weight excluding hydrogens is 551 g/mol. The van der Waals surface area contributed by atoms with Gasteiger partial charge in [-0.3, -0.25) is 9.36 Å². The van der Waals surface area contributed by atoms with Gasteiger partial charge in [-0.15, -0.1) is 0 Å². The van der Waals surface area contributed by atoms with Crippen molar-refractivity contribution in [3.05, 3.63) is 129 Å². The quantitative estimate of drug-likeness (QED) is 0.276. The van der Waals surface area contributed by atoms with Crippen LogP contribution in [-0.4, -0.2) is 4.57 Å². The minimum atomic E-state index is -0.199. The number of thiazole rings is 1. The van der Waals surface area contributed by atoms with E-state index < -0.39 is 0 Å². The van der Waals surface area contributed by atoms with Gasteiger partial charge in [0.1, 0.15) is 0 Å². The highest BCUT2D eigenvalue weighted by Crippen LogP contribution is 2.41. The molecule has 1 aliphatic carbocycles. The summed E-state index contributed by atoms with van der Waals surface area (Å²) in [5.74, 6) is 0. The lowest BCUT2D eigenvalue weighted by atomic mass is 9.83. The molecule has 0 saturated heterocycles. The molecule has 0 spiro atoms. The number of allylic oxidation sites excluding steroid dienone is 1. The van der Waals surface area contributed by atoms with E-state index in [2.05, 4.69) is 52.3 Å². The van der Waals surface area contributed by atoms with Crippen molar-refractivity contribution in [3.63, 3.8) is 0 Å². The van der Waals surface area contributed by atoms with Gasteiger partial charge in [-0.1, -0.05) is 92.9 Å². The van der Waals surface area contributed by atoms with E-state index in [-0.39, 0.29) is 11.6 Å². The zero-order valence-electron chi connectivity index (χ0n) is 17.8. The molecule has 0 fully saturated rings. The predicted octanol–water partition coefficient (Wildman–Crippen LogP) is 6.39. The zero-order valence-corrected chi connectivity index (χ0v) is 21.7. The van der Waals surface area contributed by atoms with Gasteiger partial charge in [0.25, 0.3) is 5.56 Å². The van der Waals surface area contributed by atoms with E-state index in [1.807, 2.05) is 28.8 Å². The zero-order chi connectivity index (χ0) is 23.4. The summed E-state index contributed by atoms with van der Waals surface area (Å²) in [6.45, 7) is 0. The first-order chi connectivity index (χ1) is 16.5. The summed E-state index contributed by atoms with van der Waals surface area (Å²) in [7, 11) is 0. The Balaban J connectivity index is 1.63. The first-order valence-electron chi connectivity index (χ1n) is 10.8. The summed E-state index contributed by atoms with van der Waals surface area (Å²) in [6, 6.07) is 21.7. The van der Waals surface area contributed by atoms with E-state index in [0.29, 0.717) is 19.4 Å². The molecule has 3 aromatic carbocycles. The molecule has 0 amide bonds. The molecule has 2 aliphatic rings. The largest absolute Gasteiger partial charge is 0.272 e. The molecule has 34 heavy (non-hydrogen) atoms. The second kappa shape index (κ2) is 8.65. The van der Waals surface area contributed by atoms with Crippen LogP contribution in [0.25, 0.3) is 11.8 Å². The van der Waals surface area contributed by atoms with Gasteiger partial charge in [0.15, 0.2) is 4.80 Å². The Kier molecular flexibility index (Phi) is 5.61. The fourth-order valence-corrected chi connectivity index (χ4v) is 6.45. The normalized spacial score (nSPS) is 17.1. The van der Waals surface area contributed by atoms with Crippen LogP contribution in [0.15, 0.2) is 86.6 Å². The van der Waals surface area contributed by atoms with Gasteiger partial charge in [-0.2, -0.15) is 0 Å². The number of aryl methyl sites for hydroxylation is 1. The second-order valence-corrected chi connectivity index (χ2v) is 11.1. The topological polar surface area (TPSA) is 34.4 Å². The molecular formula is C27H17BrCl2N2OS. The van der Waals surface area contributed by atoms with Crippen molar-refractivity contribution in [2.24, 2.45) is 4.99 Å². The summed E-state index contributed by atoms with van der Waals surface area (Å²) in [5, 5.41) is 1.07. The molecule has 7 heteroatoms. The molecule has 0 unspecified atom stereocenters. The fraction of sp³-hybridized carbons (Fsp3) is 0.111. The molecule has 3 nitrogen and oxygen atoms in total. The van der Waals surface area contributed by atoms with Crippen LogP contribution in [0.5, 0.6) is 0 Å². The van der Waals surface area contributed by atoms with Crippen LogP contribution >= 0.6 is 50.5 Å². The first kappa shape index (κ1) is 22.1. The van der Waals surface area contributed by atoms with Crippen molar-refractivity contribution in [1.82, 2.24) is 4.57 Å². The van der Waals surface area contributed by atoms with E-state index in [0.717, 1.165) is 39.7 Å². The van der Waals surface area contributed by atoms with E-state index in [9.17, 15) is 4.79 Å². The summed E-state index contributed by atoms with van der Waals surface area (Å²) in [6.07, 6.45) is 3.63. The molecule has 4 aromatic rings. The molecule has 0 N–H and O–H groups in total. The molecule has 0 bridgehead atoms. The van der Waals surface area contributed by atoms with Crippen LogP contribution in [0.4, 0.5) is 0 Å². The molecule has 0 saturated carbocycles. The smallest absolute Gasteiger partial charge is 0.271 e. The minimum absolute atomic E-state index is 0.0619. The first-order valence-corrected chi connectivity index (χ1v) is 13.2. The van der Waals surface area contributed by atoms with Crippen molar-refractivity contribution in [1.29, 1.82) is 0 Å². The van der Waals surface area contributed by atoms with Crippen molar-refractivity contribution in [3.8, 4) is 0 Å². The number of hydrogen-bond acceptors (Lipinski definition) is 3. The van der Waals surface area contributed by atoms with Crippen molar-refractivity contribution in [2.45, 2.75) is 18.9 Å². The van der Waals surface area contributed by atoms with Crippen molar-refractivity contribution in [2.75, 3.05) is 0 Å². The van der Waals surface area contributed by atoms with Crippen molar-refractivity contribution < 1.29 is 0 Å². The standard InChI is InChI=1S/C27H17BrCl2N2OS/c28-18-9-5-16(6-10-18)25-21-12-8-15-3-1-2-4-20(15)24(21)31-27-32(25)26(33)23(34-27)13-17-7-11-19(29)14-22(17)30/h1-7,9-11,13-14,25H,8,12H2/b23-13-/t25-/m1/s1. The summed E-state index contributed by atoms with van der Waals surface area (Å²) in [4.78, 5) is 19.5. The highest BCUT2D eigenvalue weighted by Gasteiger charge is 2.32. The monoisotopic (exact) mass is 566 g/mol. The number of halogens is 3. The highest BCUT2D eigenvalue weighted by atomic mass is 79.9. The number of nitrogens with zero attached hydrogens (tertiary/aromatic N) is 2. The Morgan fingerprint density at radius 3 is 2.62 bits per heavy atom. The van der Waals surface area contributed by atoms with Crippen LogP contribution in [0.1, 0.15) is 34.7 Å². The molecule has 1 atom stereocenters. The lowest BCUT2D eigenvalue weighted by Gasteiger charge is -2.30. The van der Waals surface area contributed by atoms with Gasteiger partial charge in [0, 0.05) is 20.1 Å². The van der Waals surface area contributed by atoms with Gasteiger partial charge in [-0.05, 0) is 65.4 Å². The maximum absolute atomic E-state index is 13.7. The molecule has 6 rings (SSSR count). The third-order valence-corrected chi connectivity index (χ3v) is 8.38. The van der Waals surface area contributed by atoms with Gasteiger partial charge in [0.05, 0.1) is 16.3 Å². The van der Waals surface area contributed by atoms with Gasteiger partial charge in [0.2, 0.25) is 0 Å². The third-order valence-electron chi connectivity index (χ3n) is 6.31. The van der Waals surface area contributed by atoms with Gasteiger partial charge < -0.3 is 0 Å². The molecule has 1 aromatic heterocycles. The third kappa shape index (κ3) is 3.72. The van der Waals surface area contributed by atoms with E-state index in [1.165, 1.54) is 22.5 Å². The Morgan fingerprint density at radius 1 is 1.03 bits per heavy atom. The van der Waals surface area contributed by atoms with Crippen LogP contribution in [0, 0.1) is 0 Å². The van der Waals surface area contributed by atoms with E-state index in [1.54, 1.807) is 12.1 Å². The second-order valence-electron chi connectivity index (χ2n) is 8.33. The highest BCUT2D eigenvalue weighted by molar-refractivity contribution is 9.10. The maximum atomic E-state index is 13.7. The fourth-order valence-electron chi connectivity index (χ4n) is 4.73. The van der Waals surface area contributed by atoms with Crippen LogP contribution < -0.4 is 14.9 Å². The molecule has 0 radical (unpaired) electrons. The number of aromatic nitrogens is 1.